The second kappa shape index (κ2) is 3.86. The van der Waals surface area contributed by atoms with E-state index in [9.17, 15) is 9.59 Å². The second-order valence-corrected chi connectivity index (χ2v) is 5.33. The molecule has 2 N–H and O–H groups in total. The number of aliphatic carboxylic acids is 1. The summed E-state index contributed by atoms with van der Waals surface area (Å²) < 4.78 is 0. The molecule has 0 bridgehead atoms. The van der Waals surface area contributed by atoms with Gasteiger partial charge in [0.1, 0.15) is 5.69 Å². The van der Waals surface area contributed by atoms with Gasteiger partial charge in [-0.1, -0.05) is 0 Å². The molecule has 0 aromatic carbocycles. The molecule has 3 rings (SSSR count). The maximum Gasteiger partial charge on any atom is 0.307 e. The monoisotopic (exact) mass is 248 g/mol. The maximum atomic E-state index is 12.1. The zero-order valence-electron chi connectivity index (χ0n) is 10.1. The number of rotatable bonds is 2. The highest BCUT2D eigenvalue weighted by atomic mass is 16.4. The Hall–Kier alpha value is -1.78. The van der Waals surface area contributed by atoms with Gasteiger partial charge in [0.2, 0.25) is 0 Å². The summed E-state index contributed by atoms with van der Waals surface area (Å²) in [7, 11) is 0. The molecule has 2 fully saturated rings. The van der Waals surface area contributed by atoms with Crippen molar-refractivity contribution in [3.05, 3.63) is 24.0 Å². The van der Waals surface area contributed by atoms with Crippen molar-refractivity contribution < 1.29 is 14.7 Å². The van der Waals surface area contributed by atoms with Crippen molar-refractivity contribution in [3.63, 3.8) is 0 Å². The van der Waals surface area contributed by atoms with E-state index < -0.39 is 5.97 Å². The van der Waals surface area contributed by atoms with Crippen molar-refractivity contribution in [3.8, 4) is 0 Å². The number of hydrogen-bond donors (Lipinski definition) is 2. The highest BCUT2D eigenvalue weighted by molar-refractivity contribution is 5.92. The van der Waals surface area contributed by atoms with Crippen LogP contribution >= 0.6 is 0 Å². The van der Waals surface area contributed by atoms with E-state index in [0.717, 1.165) is 19.3 Å². The molecule has 1 aliphatic carbocycles. The van der Waals surface area contributed by atoms with Gasteiger partial charge in [-0.3, -0.25) is 9.59 Å². The summed E-state index contributed by atoms with van der Waals surface area (Å²) in [6.07, 6.45) is 4.15. The molecule has 1 aromatic heterocycles. The van der Waals surface area contributed by atoms with Gasteiger partial charge < -0.3 is 15.0 Å². The quantitative estimate of drug-likeness (QED) is 0.829. The van der Waals surface area contributed by atoms with Crippen molar-refractivity contribution in [1.82, 2.24) is 9.88 Å². The van der Waals surface area contributed by atoms with Crippen LogP contribution < -0.4 is 0 Å². The minimum Gasteiger partial charge on any atom is -0.481 e. The van der Waals surface area contributed by atoms with E-state index in [4.69, 9.17) is 5.11 Å². The van der Waals surface area contributed by atoms with Gasteiger partial charge in [0.15, 0.2) is 0 Å². The second-order valence-electron chi connectivity index (χ2n) is 5.33. The number of carboxylic acid groups (broad SMARTS) is 1. The molecule has 0 unspecified atom stereocenters. The third-order valence-corrected chi connectivity index (χ3v) is 4.36. The van der Waals surface area contributed by atoms with Crippen LogP contribution in [0.25, 0.3) is 0 Å². The van der Waals surface area contributed by atoms with Gasteiger partial charge in [0.25, 0.3) is 5.91 Å². The number of likely N-dealkylation sites (tertiary alicyclic amines) is 1. The number of amides is 1. The third kappa shape index (κ3) is 1.70. The predicted molar refractivity (Wildman–Crippen MR) is 64.1 cm³/mol. The van der Waals surface area contributed by atoms with Gasteiger partial charge in [-0.05, 0) is 36.8 Å². The largest absolute Gasteiger partial charge is 0.481 e. The lowest BCUT2D eigenvalue weighted by atomic mass is 9.90. The van der Waals surface area contributed by atoms with Crippen LogP contribution in [-0.2, 0) is 4.79 Å². The van der Waals surface area contributed by atoms with Crippen molar-refractivity contribution in [2.75, 3.05) is 13.1 Å². The Bertz CT molecular complexity index is 472. The van der Waals surface area contributed by atoms with Gasteiger partial charge in [0, 0.05) is 19.3 Å². The molecule has 1 saturated heterocycles. The fourth-order valence-corrected chi connectivity index (χ4v) is 3.04. The molecule has 5 heteroatoms. The molecule has 2 heterocycles. The molecule has 1 aliphatic heterocycles. The molecule has 1 amide bonds. The third-order valence-electron chi connectivity index (χ3n) is 4.36. The van der Waals surface area contributed by atoms with Gasteiger partial charge in [0.05, 0.1) is 5.92 Å². The fourth-order valence-electron chi connectivity index (χ4n) is 3.04. The molecular formula is C13H16N2O3. The zero-order valence-corrected chi connectivity index (χ0v) is 10.1. The van der Waals surface area contributed by atoms with Crippen molar-refractivity contribution in [2.45, 2.75) is 19.3 Å². The standard InChI is InChI=1S/C13H16N2O3/c16-11(10-2-1-5-14-10)15-6-3-13(4-7-15)8-9(13)12(17)18/h1-2,5,9,14H,3-4,6-8H2,(H,17,18)/t9-/m1/s1. The molecule has 1 saturated carbocycles. The zero-order chi connectivity index (χ0) is 12.8. The van der Waals surface area contributed by atoms with Crippen LogP contribution in [0, 0.1) is 11.3 Å². The number of piperidine rings is 1. The summed E-state index contributed by atoms with van der Waals surface area (Å²) in [6.45, 7) is 1.34. The minimum atomic E-state index is -0.681. The molecule has 1 spiro atoms. The average Bonchev–Trinajstić information content (AvgIpc) is 2.84. The van der Waals surface area contributed by atoms with E-state index >= 15 is 0 Å². The number of carboxylic acids is 1. The number of aromatic nitrogens is 1. The van der Waals surface area contributed by atoms with Crippen LogP contribution in [0.3, 0.4) is 0 Å². The van der Waals surface area contributed by atoms with E-state index in [1.807, 2.05) is 4.90 Å². The number of H-pyrrole nitrogens is 1. The molecule has 1 atom stereocenters. The number of aromatic amines is 1. The topological polar surface area (TPSA) is 73.4 Å². The molecule has 18 heavy (non-hydrogen) atoms. The van der Waals surface area contributed by atoms with Gasteiger partial charge in [-0.2, -0.15) is 0 Å². The van der Waals surface area contributed by atoms with Crippen molar-refractivity contribution >= 4 is 11.9 Å². The average molecular weight is 248 g/mol. The van der Waals surface area contributed by atoms with E-state index in [-0.39, 0.29) is 17.2 Å². The highest BCUT2D eigenvalue weighted by Gasteiger charge is 2.59. The van der Waals surface area contributed by atoms with E-state index in [2.05, 4.69) is 4.98 Å². The SMILES string of the molecule is O=C(O)[C@H]1CC12CCN(C(=O)c1ccc[nH]1)CC2. The Morgan fingerprint density at radius 3 is 2.61 bits per heavy atom. The summed E-state index contributed by atoms with van der Waals surface area (Å²) in [5, 5.41) is 9.01. The van der Waals surface area contributed by atoms with Crippen LogP contribution in [0.15, 0.2) is 18.3 Å². The number of hydrogen-bond acceptors (Lipinski definition) is 2. The molecule has 0 radical (unpaired) electrons. The predicted octanol–water partition coefficient (Wildman–Crippen LogP) is 1.34. The fraction of sp³-hybridized carbons (Fsp3) is 0.538. The Labute approximate surface area is 105 Å². The first-order valence-electron chi connectivity index (χ1n) is 6.28. The van der Waals surface area contributed by atoms with Gasteiger partial charge in [-0.15, -0.1) is 0 Å². The minimum absolute atomic E-state index is 0.0155. The molecule has 1 aromatic rings. The summed E-state index contributed by atoms with van der Waals surface area (Å²) in [5.41, 5.74) is 0.592. The lowest BCUT2D eigenvalue weighted by Crippen LogP contribution is -2.40. The number of nitrogens with one attached hydrogen (secondary N) is 1. The van der Waals surface area contributed by atoms with Crippen molar-refractivity contribution in [1.29, 1.82) is 0 Å². The van der Waals surface area contributed by atoms with Crippen LogP contribution in [0.2, 0.25) is 0 Å². The summed E-state index contributed by atoms with van der Waals surface area (Å²) in [4.78, 5) is 27.8. The summed E-state index contributed by atoms with van der Waals surface area (Å²) in [5.74, 6) is -0.846. The Morgan fingerprint density at radius 1 is 1.39 bits per heavy atom. The molecular weight excluding hydrogens is 232 g/mol. The van der Waals surface area contributed by atoms with Crippen LogP contribution in [-0.4, -0.2) is 40.0 Å². The van der Waals surface area contributed by atoms with Gasteiger partial charge >= 0.3 is 5.97 Å². The number of carbonyl (C=O) groups is 2. The lowest BCUT2D eigenvalue weighted by Gasteiger charge is -2.32. The Balaban J connectivity index is 1.61. The highest BCUT2D eigenvalue weighted by Crippen LogP contribution is 2.59. The smallest absolute Gasteiger partial charge is 0.307 e. The van der Waals surface area contributed by atoms with Crippen molar-refractivity contribution in [2.24, 2.45) is 11.3 Å². The van der Waals surface area contributed by atoms with Crippen LogP contribution in [0.1, 0.15) is 29.8 Å². The Kier molecular flexibility index (Phi) is 2.43. The van der Waals surface area contributed by atoms with E-state index in [1.165, 1.54) is 0 Å². The normalized spacial score (nSPS) is 25.1. The first kappa shape index (κ1) is 11.3. The Morgan fingerprint density at radius 2 is 2.11 bits per heavy atom. The lowest BCUT2D eigenvalue weighted by molar-refractivity contribution is -0.139. The van der Waals surface area contributed by atoms with E-state index in [1.54, 1.807) is 18.3 Å². The summed E-state index contributed by atoms with van der Waals surface area (Å²) >= 11 is 0. The molecule has 96 valence electrons. The maximum absolute atomic E-state index is 12.1. The number of carbonyl (C=O) groups excluding carboxylic acids is 1. The van der Waals surface area contributed by atoms with Gasteiger partial charge in [-0.25, -0.2) is 0 Å². The van der Waals surface area contributed by atoms with Crippen LogP contribution in [0.4, 0.5) is 0 Å². The first-order chi connectivity index (χ1) is 8.62. The number of nitrogens with zero attached hydrogens (tertiary/aromatic N) is 1. The first-order valence-corrected chi connectivity index (χ1v) is 6.28. The molecule has 2 aliphatic rings. The molecule has 5 nitrogen and oxygen atoms in total. The van der Waals surface area contributed by atoms with E-state index in [0.29, 0.717) is 18.8 Å². The summed E-state index contributed by atoms with van der Waals surface area (Å²) in [6, 6.07) is 3.57. The van der Waals surface area contributed by atoms with Crippen LogP contribution in [0.5, 0.6) is 0 Å².